The summed E-state index contributed by atoms with van der Waals surface area (Å²) >= 11 is 0. The van der Waals surface area contributed by atoms with E-state index in [9.17, 15) is 13.2 Å². The highest BCUT2D eigenvalue weighted by molar-refractivity contribution is 5.34. The summed E-state index contributed by atoms with van der Waals surface area (Å²) in [6.07, 6.45) is -4.41. The number of para-hydroxylation sites is 1. The number of methoxy groups -OCH3 is 1. The highest BCUT2D eigenvalue weighted by atomic mass is 19.4. The van der Waals surface area contributed by atoms with Crippen molar-refractivity contribution in [3.05, 3.63) is 90.0 Å². The molecule has 0 spiro atoms. The zero-order valence-corrected chi connectivity index (χ0v) is 15.9. The van der Waals surface area contributed by atoms with Gasteiger partial charge in [0.15, 0.2) is 0 Å². The summed E-state index contributed by atoms with van der Waals surface area (Å²) in [4.78, 5) is 0. The molecule has 29 heavy (non-hydrogen) atoms. The van der Waals surface area contributed by atoms with Gasteiger partial charge in [-0.15, -0.1) is 0 Å². The lowest BCUT2D eigenvalue weighted by Crippen LogP contribution is -2.25. The molecule has 3 rings (SSSR count). The van der Waals surface area contributed by atoms with Gasteiger partial charge in [-0.25, -0.2) is 0 Å². The number of alkyl halides is 3. The van der Waals surface area contributed by atoms with Crippen molar-refractivity contribution in [3.63, 3.8) is 0 Å². The van der Waals surface area contributed by atoms with Crippen LogP contribution in [0.15, 0.2) is 78.9 Å². The van der Waals surface area contributed by atoms with Gasteiger partial charge in [0.05, 0.1) is 20.3 Å². The fraction of sp³-hybridized carbons (Fsp3) is 0.217. The van der Waals surface area contributed by atoms with Gasteiger partial charge in [0.2, 0.25) is 0 Å². The fourth-order valence-corrected chi connectivity index (χ4v) is 2.83. The van der Waals surface area contributed by atoms with Crippen LogP contribution < -0.4 is 9.47 Å². The molecule has 0 aliphatic carbocycles. The number of hydrogen-bond acceptors (Lipinski definition) is 3. The molecule has 0 aromatic heterocycles. The smallest absolute Gasteiger partial charge is 0.397 e. The highest BCUT2D eigenvalue weighted by Crippen LogP contribution is 2.36. The van der Waals surface area contributed by atoms with Crippen molar-refractivity contribution in [2.45, 2.75) is 18.7 Å². The Hall–Kier alpha value is -2.99. The van der Waals surface area contributed by atoms with Crippen LogP contribution in [0.25, 0.3) is 0 Å². The molecule has 0 N–H and O–H groups in total. The molecule has 1 unspecified atom stereocenters. The quantitative estimate of drug-likeness (QED) is 0.439. The van der Waals surface area contributed by atoms with Gasteiger partial charge in [0.1, 0.15) is 23.2 Å². The summed E-state index contributed by atoms with van der Waals surface area (Å²) in [5, 5.41) is 0. The minimum atomic E-state index is -4.41. The molecule has 3 aromatic carbocycles. The summed E-state index contributed by atoms with van der Waals surface area (Å²) in [5.41, 5.74) is 0.869. The van der Waals surface area contributed by atoms with E-state index in [1.54, 1.807) is 24.3 Å². The normalized spacial score (nSPS) is 12.4. The maximum absolute atomic E-state index is 13.5. The van der Waals surface area contributed by atoms with Crippen molar-refractivity contribution in [1.29, 1.82) is 0 Å². The topological polar surface area (TPSA) is 27.7 Å². The van der Waals surface area contributed by atoms with Gasteiger partial charge in [-0.3, -0.25) is 0 Å². The van der Waals surface area contributed by atoms with Crippen LogP contribution in [0, 0.1) is 0 Å². The van der Waals surface area contributed by atoms with Gasteiger partial charge in [0, 0.05) is 0 Å². The lowest BCUT2D eigenvalue weighted by Gasteiger charge is -2.21. The Morgan fingerprint density at radius 1 is 0.793 bits per heavy atom. The predicted molar refractivity (Wildman–Crippen MR) is 104 cm³/mol. The first-order valence-electron chi connectivity index (χ1n) is 9.06. The number of halogens is 3. The second kappa shape index (κ2) is 9.47. The summed E-state index contributed by atoms with van der Waals surface area (Å²) in [6, 6.07) is 22.2. The fourth-order valence-electron chi connectivity index (χ4n) is 2.83. The summed E-state index contributed by atoms with van der Waals surface area (Å²) in [7, 11) is 1.47. The first-order valence-corrected chi connectivity index (χ1v) is 9.06. The molecule has 152 valence electrons. The molecule has 6 heteroatoms. The maximum Gasteiger partial charge on any atom is 0.397 e. The van der Waals surface area contributed by atoms with Crippen molar-refractivity contribution in [2.75, 3.05) is 13.7 Å². The summed E-state index contributed by atoms with van der Waals surface area (Å²) in [6.45, 7) is -0.422. The third-order valence-corrected chi connectivity index (χ3v) is 4.34. The average Bonchev–Trinajstić information content (AvgIpc) is 2.71. The SMILES string of the molecule is COc1ccc(C(COCc2cccc(Oc3ccccc3)c2)C(F)(F)F)cc1. The molecular weight excluding hydrogens is 381 g/mol. The molecule has 0 saturated carbocycles. The van der Waals surface area contributed by atoms with Crippen molar-refractivity contribution >= 4 is 0 Å². The van der Waals surface area contributed by atoms with Gasteiger partial charge in [-0.2, -0.15) is 13.2 Å². The van der Waals surface area contributed by atoms with Gasteiger partial charge in [-0.05, 0) is 47.5 Å². The average molecular weight is 402 g/mol. The number of rotatable bonds is 8. The Morgan fingerprint density at radius 2 is 1.48 bits per heavy atom. The van der Waals surface area contributed by atoms with E-state index in [1.807, 2.05) is 30.3 Å². The molecule has 3 nitrogen and oxygen atoms in total. The molecule has 0 heterocycles. The van der Waals surface area contributed by atoms with Gasteiger partial charge >= 0.3 is 6.18 Å². The largest absolute Gasteiger partial charge is 0.497 e. The first kappa shape index (κ1) is 20.7. The van der Waals surface area contributed by atoms with Crippen LogP contribution in [0.4, 0.5) is 13.2 Å². The molecule has 0 radical (unpaired) electrons. The van der Waals surface area contributed by atoms with E-state index in [2.05, 4.69) is 0 Å². The lowest BCUT2D eigenvalue weighted by molar-refractivity contribution is -0.163. The number of benzene rings is 3. The van der Waals surface area contributed by atoms with Crippen LogP contribution in [-0.2, 0) is 11.3 Å². The van der Waals surface area contributed by atoms with Crippen molar-refractivity contribution in [3.8, 4) is 17.2 Å². The maximum atomic E-state index is 13.5. The molecule has 0 aliphatic rings. The van der Waals surface area contributed by atoms with Crippen LogP contribution >= 0.6 is 0 Å². The Bertz CT molecular complexity index is 893. The van der Waals surface area contributed by atoms with Crippen LogP contribution in [0.2, 0.25) is 0 Å². The molecular formula is C23H21F3O3. The second-order valence-electron chi connectivity index (χ2n) is 6.45. The van der Waals surface area contributed by atoms with Crippen LogP contribution in [0.5, 0.6) is 17.2 Å². The van der Waals surface area contributed by atoms with Gasteiger partial charge in [-0.1, -0.05) is 42.5 Å². The Morgan fingerprint density at radius 3 is 2.14 bits per heavy atom. The Balaban J connectivity index is 1.62. The molecule has 0 bridgehead atoms. The van der Waals surface area contributed by atoms with E-state index < -0.39 is 18.7 Å². The lowest BCUT2D eigenvalue weighted by atomic mass is 9.99. The number of hydrogen-bond donors (Lipinski definition) is 0. The van der Waals surface area contributed by atoms with E-state index in [0.29, 0.717) is 17.2 Å². The summed E-state index contributed by atoms with van der Waals surface area (Å²) < 4.78 is 56.6. The first-order chi connectivity index (χ1) is 14.0. The van der Waals surface area contributed by atoms with Gasteiger partial charge in [0.25, 0.3) is 0 Å². The van der Waals surface area contributed by atoms with E-state index in [-0.39, 0.29) is 12.2 Å². The minimum Gasteiger partial charge on any atom is -0.497 e. The molecule has 1 atom stereocenters. The monoisotopic (exact) mass is 402 g/mol. The predicted octanol–water partition coefficient (Wildman–Crippen LogP) is 6.35. The second-order valence-corrected chi connectivity index (χ2v) is 6.45. The van der Waals surface area contributed by atoms with Crippen molar-refractivity contribution < 1.29 is 27.4 Å². The highest BCUT2D eigenvalue weighted by Gasteiger charge is 2.40. The van der Waals surface area contributed by atoms with E-state index in [0.717, 1.165) is 5.56 Å². The minimum absolute atomic E-state index is 0.0503. The molecule has 3 aromatic rings. The molecule has 0 aliphatic heterocycles. The molecule has 0 saturated heterocycles. The third-order valence-electron chi connectivity index (χ3n) is 4.34. The summed E-state index contributed by atoms with van der Waals surface area (Å²) in [5.74, 6) is 0.0741. The zero-order valence-electron chi connectivity index (χ0n) is 15.9. The van der Waals surface area contributed by atoms with Crippen LogP contribution in [0.3, 0.4) is 0 Å². The van der Waals surface area contributed by atoms with Crippen molar-refractivity contribution in [1.82, 2.24) is 0 Å². The molecule has 0 amide bonds. The van der Waals surface area contributed by atoms with Crippen molar-refractivity contribution in [2.24, 2.45) is 0 Å². The Kier molecular flexibility index (Phi) is 6.77. The van der Waals surface area contributed by atoms with Gasteiger partial charge < -0.3 is 14.2 Å². The van der Waals surface area contributed by atoms with E-state index in [1.165, 1.54) is 31.4 Å². The molecule has 0 fully saturated rings. The van der Waals surface area contributed by atoms with E-state index >= 15 is 0 Å². The number of ether oxygens (including phenoxy) is 3. The van der Waals surface area contributed by atoms with Crippen LogP contribution in [-0.4, -0.2) is 19.9 Å². The van der Waals surface area contributed by atoms with Crippen LogP contribution in [0.1, 0.15) is 17.0 Å². The Labute approximate surface area is 167 Å². The third kappa shape index (κ3) is 5.99. The zero-order chi connectivity index (χ0) is 20.7. The standard InChI is InChI=1S/C23H21F3O3/c1-27-19-12-10-18(11-13-19)22(23(24,25)26)16-28-15-17-6-5-9-21(14-17)29-20-7-3-2-4-8-20/h2-14,22H,15-16H2,1H3. The van der Waals surface area contributed by atoms with E-state index in [4.69, 9.17) is 14.2 Å².